The first-order valence-electron chi connectivity index (χ1n) is 7.24. The number of hydrogen-bond acceptors (Lipinski definition) is 3. The molecule has 21 heavy (non-hydrogen) atoms. The summed E-state index contributed by atoms with van der Waals surface area (Å²) < 4.78 is 7.41. The molecule has 0 aliphatic heterocycles. The van der Waals surface area contributed by atoms with Crippen molar-refractivity contribution in [2.24, 2.45) is 0 Å². The Morgan fingerprint density at radius 2 is 2.00 bits per heavy atom. The topological polar surface area (TPSA) is 44.1 Å². The molecule has 0 saturated heterocycles. The maximum atomic E-state index is 12.4. The summed E-state index contributed by atoms with van der Waals surface area (Å²) in [5.41, 5.74) is 1.13. The molecule has 0 bridgehead atoms. The fourth-order valence-electron chi connectivity index (χ4n) is 2.04. The predicted molar refractivity (Wildman–Crippen MR) is 82.3 cm³/mol. The number of hydrogen-bond donors (Lipinski definition) is 0. The van der Waals surface area contributed by atoms with Gasteiger partial charge in [0.05, 0.1) is 18.6 Å². The zero-order valence-electron chi connectivity index (χ0n) is 13.0. The van der Waals surface area contributed by atoms with E-state index in [9.17, 15) is 4.79 Å². The van der Waals surface area contributed by atoms with Crippen LogP contribution in [0.3, 0.4) is 0 Å². The van der Waals surface area contributed by atoms with Crippen LogP contribution in [0, 0.1) is 0 Å². The summed E-state index contributed by atoms with van der Waals surface area (Å²) in [6.45, 7) is 7.86. The summed E-state index contributed by atoms with van der Waals surface area (Å²) in [6.07, 6.45) is 4.00. The van der Waals surface area contributed by atoms with Crippen molar-refractivity contribution < 1.29 is 9.53 Å². The lowest BCUT2D eigenvalue weighted by Gasteiger charge is -2.24. The van der Waals surface area contributed by atoms with Gasteiger partial charge in [-0.25, -0.2) is 9.78 Å². The Balaban J connectivity index is 2.25. The molecule has 1 heterocycles. The maximum Gasteiger partial charge on any atom is 0.357 e. The number of carbonyl (C=O) groups is 1. The van der Waals surface area contributed by atoms with Gasteiger partial charge < -0.3 is 9.30 Å². The summed E-state index contributed by atoms with van der Waals surface area (Å²) in [4.78, 5) is 16.5. The van der Waals surface area contributed by atoms with E-state index in [1.165, 1.54) is 0 Å². The van der Waals surface area contributed by atoms with Crippen molar-refractivity contribution in [2.75, 3.05) is 0 Å². The molecule has 0 fully saturated rings. The van der Waals surface area contributed by atoms with Crippen LogP contribution >= 0.6 is 0 Å². The highest BCUT2D eigenvalue weighted by Gasteiger charge is 2.25. The van der Waals surface area contributed by atoms with Crippen LogP contribution in [0.25, 0.3) is 0 Å². The molecule has 0 spiro atoms. The van der Waals surface area contributed by atoms with Gasteiger partial charge in [0, 0.05) is 0 Å². The van der Waals surface area contributed by atoms with Crippen LogP contribution in [-0.2, 0) is 4.74 Å². The highest BCUT2D eigenvalue weighted by atomic mass is 16.6. The van der Waals surface area contributed by atoms with Crippen LogP contribution in [-0.4, -0.2) is 21.1 Å². The molecule has 0 radical (unpaired) electrons. The Morgan fingerprint density at radius 3 is 2.62 bits per heavy atom. The van der Waals surface area contributed by atoms with Crippen LogP contribution in [0.2, 0.25) is 0 Å². The lowest BCUT2D eigenvalue weighted by molar-refractivity contribution is -0.00365. The fourth-order valence-corrected chi connectivity index (χ4v) is 2.04. The fraction of sp³-hybridized carbons (Fsp3) is 0.412. The van der Waals surface area contributed by atoms with Crippen LogP contribution in [0.4, 0.5) is 0 Å². The molecule has 0 amide bonds. The number of ether oxygens (including phenoxy) is 1. The van der Waals surface area contributed by atoms with Crippen molar-refractivity contribution in [1.29, 1.82) is 0 Å². The molecule has 2 rings (SSSR count). The largest absolute Gasteiger partial charge is 0.455 e. The molecule has 1 aromatic carbocycles. The second-order valence-electron chi connectivity index (χ2n) is 5.78. The third-order valence-corrected chi connectivity index (χ3v) is 3.79. The van der Waals surface area contributed by atoms with Crippen molar-refractivity contribution in [3.63, 3.8) is 0 Å². The number of imidazole rings is 1. The second-order valence-corrected chi connectivity index (χ2v) is 5.78. The minimum atomic E-state index is -0.470. The molecular weight excluding hydrogens is 264 g/mol. The molecule has 0 aliphatic carbocycles. The van der Waals surface area contributed by atoms with E-state index >= 15 is 0 Å². The van der Waals surface area contributed by atoms with Crippen molar-refractivity contribution in [2.45, 2.75) is 45.8 Å². The van der Waals surface area contributed by atoms with Gasteiger partial charge in [-0.2, -0.15) is 0 Å². The molecule has 0 N–H and O–H groups in total. The molecule has 4 nitrogen and oxygen atoms in total. The summed E-state index contributed by atoms with van der Waals surface area (Å²) >= 11 is 0. The van der Waals surface area contributed by atoms with Gasteiger partial charge >= 0.3 is 5.97 Å². The van der Waals surface area contributed by atoms with Gasteiger partial charge in [-0.3, -0.25) is 0 Å². The molecular formula is C17H22N2O2. The molecule has 0 saturated carbocycles. The molecule has 1 aromatic heterocycles. The standard InChI is InChI=1S/C17H22N2O2/c1-5-17(3,4)21-16(20)15-11-18-12-19(15)13(2)14-9-7-6-8-10-14/h6-13H,5H2,1-4H3/t13-/m1/s1. The Hall–Kier alpha value is -2.10. The number of rotatable bonds is 5. The minimum Gasteiger partial charge on any atom is -0.455 e. The van der Waals surface area contributed by atoms with Gasteiger partial charge in [0.15, 0.2) is 0 Å². The van der Waals surface area contributed by atoms with Crippen molar-refractivity contribution in [3.8, 4) is 0 Å². The smallest absolute Gasteiger partial charge is 0.357 e. The van der Waals surface area contributed by atoms with E-state index in [2.05, 4.69) is 4.98 Å². The van der Waals surface area contributed by atoms with E-state index in [0.29, 0.717) is 5.69 Å². The minimum absolute atomic E-state index is 0.0287. The molecule has 0 unspecified atom stereocenters. The summed E-state index contributed by atoms with van der Waals surface area (Å²) in [6, 6.07) is 10.1. The third-order valence-electron chi connectivity index (χ3n) is 3.79. The van der Waals surface area contributed by atoms with Gasteiger partial charge in [0.1, 0.15) is 11.3 Å². The van der Waals surface area contributed by atoms with E-state index in [1.54, 1.807) is 12.5 Å². The van der Waals surface area contributed by atoms with Gasteiger partial charge in [0.2, 0.25) is 0 Å². The zero-order valence-corrected chi connectivity index (χ0v) is 13.0. The second kappa shape index (κ2) is 6.12. The lowest BCUT2D eigenvalue weighted by Crippen LogP contribution is -2.28. The Kier molecular flexibility index (Phi) is 4.46. The Morgan fingerprint density at radius 1 is 1.33 bits per heavy atom. The maximum absolute atomic E-state index is 12.4. The first kappa shape index (κ1) is 15.3. The molecule has 2 aromatic rings. The van der Waals surface area contributed by atoms with Gasteiger partial charge in [-0.1, -0.05) is 37.3 Å². The summed E-state index contributed by atoms with van der Waals surface area (Å²) in [7, 11) is 0. The first-order valence-corrected chi connectivity index (χ1v) is 7.24. The molecule has 1 atom stereocenters. The number of benzene rings is 1. The van der Waals surface area contributed by atoms with Crippen molar-refractivity contribution >= 4 is 5.97 Å². The van der Waals surface area contributed by atoms with Crippen LogP contribution in [0.5, 0.6) is 0 Å². The lowest BCUT2D eigenvalue weighted by atomic mass is 10.1. The van der Waals surface area contributed by atoms with E-state index in [4.69, 9.17) is 4.74 Å². The molecule has 0 aliphatic rings. The van der Waals surface area contributed by atoms with Crippen LogP contribution < -0.4 is 0 Å². The Labute approximate surface area is 125 Å². The number of carbonyl (C=O) groups excluding carboxylic acids is 1. The third kappa shape index (κ3) is 3.51. The van der Waals surface area contributed by atoms with Gasteiger partial charge in [-0.15, -0.1) is 0 Å². The Bertz CT molecular complexity index is 602. The summed E-state index contributed by atoms with van der Waals surface area (Å²) in [5.74, 6) is -0.331. The monoisotopic (exact) mass is 286 g/mol. The average molecular weight is 286 g/mol. The van der Waals surface area contributed by atoms with E-state index in [0.717, 1.165) is 12.0 Å². The average Bonchev–Trinajstić information content (AvgIpc) is 2.96. The predicted octanol–water partition coefficient (Wildman–Crippen LogP) is 3.84. The van der Waals surface area contributed by atoms with Crippen molar-refractivity contribution in [3.05, 3.63) is 54.1 Å². The molecule has 112 valence electrons. The van der Waals surface area contributed by atoms with Crippen LogP contribution in [0.15, 0.2) is 42.9 Å². The zero-order chi connectivity index (χ0) is 15.5. The number of esters is 1. The first-order chi connectivity index (χ1) is 9.94. The SMILES string of the molecule is CCC(C)(C)OC(=O)c1cncn1[C@H](C)c1ccccc1. The quantitative estimate of drug-likeness (QED) is 0.784. The van der Waals surface area contributed by atoms with E-state index < -0.39 is 5.60 Å². The highest BCUT2D eigenvalue weighted by molar-refractivity contribution is 5.87. The normalized spacial score (nSPS) is 13.0. The van der Waals surface area contributed by atoms with Crippen LogP contribution in [0.1, 0.15) is 56.2 Å². The summed E-state index contributed by atoms with van der Waals surface area (Å²) in [5, 5.41) is 0. The van der Waals surface area contributed by atoms with E-state index in [1.807, 2.05) is 62.6 Å². The number of nitrogens with zero attached hydrogens (tertiary/aromatic N) is 2. The number of aromatic nitrogens is 2. The highest BCUT2D eigenvalue weighted by Crippen LogP contribution is 2.22. The van der Waals surface area contributed by atoms with Gasteiger partial charge in [-0.05, 0) is 32.8 Å². The van der Waals surface area contributed by atoms with Crippen molar-refractivity contribution in [1.82, 2.24) is 9.55 Å². The van der Waals surface area contributed by atoms with E-state index in [-0.39, 0.29) is 12.0 Å². The molecule has 4 heteroatoms. The van der Waals surface area contributed by atoms with Gasteiger partial charge in [0.25, 0.3) is 0 Å².